The summed E-state index contributed by atoms with van der Waals surface area (Å²) in [6.07, 6.45) is 0.271. The van der Waals surface area contributed by atoms with E-state index in [4.69, 9.17) is 5.73 Å². The van der Waals surface area contributed by atoms with Gasteiger partial charge in [-0.1, -0.05) is 0 Å². The van der Waals surface area contributed by atoms with E-state index in [0.29, 0.717) is 32.5 Å². The molecule has 0 atom stereocenters. The van der Waals surface area contributed by atoms with Crippen molar-refractivity contribution < 1.29 is 13.6 Å². The number of nitrogens with two attached hydrogens (primary N) is 1. The normalized spacial score (nSPS) is 20.8. The van der Waals surface area contributed by atoms with E-state index in [9.17, 15) is 13.6 Å². The third-order valence-corrected chi connectivity index (χ3v) is 3.16. The maximum atomic E-state index is 12.9. The van der Waals surface area contributed by atoms with Gasteiger partial charge < -0.3 is 10.6 Å². The minimum atomic E-state index is -2.57. The summed E-state index contributed by atoms with van der Waals surface area (Å²) in [5, 5.41) is 0. The highest BCUT2D eigenvalue weighted by atomic mass is 19.3. The fourth-order valence-electron chi connectivity index (χ4n) is 2.13. The molecule has 1 amide bonds. The Balaban J connectivity index is 2.49. The van der Waals surface area contributed by atoms with E-state index in [1.165, 1.54) is 0 Å². The van der Waals surface area contributed by atoms with Crippen molar-refractivity contribution >= 4 is 5.91 Å². The van der Waals surface area contributed by atoms with Gasteiger partial charge in [-0.3, -0.25) is 4.79 Å². The minimum absolute atomic E-state index is 0.0107. The molecule has 0 heterocycles. The molecule has 1 rings (SSSR count). The van der Waals surface area contributed by atoms with Crippen molar-refractivity contribution in [1.82, 2.24) is 4.90 Å². The van der Waals surface area contributed by atoms with Crippen molar-refractivity contribution in [3.8, 4) is 0 Å². The smallest absolute Gasteiger partial charge is 0.248 e. The molecule has 2 N–H and O–H groups in total. The van der Waals surface area contributed by atoms with Crippen LogP contribution in [0.1, 0.15) is 32.6 Å². The first kappa shape index (κ1) is 13.4. The van der Waals surface area contributed by atoms with Crippen LogP contribution in [0.25, 0.3) is 0 Å². The van der Waals surface area contributed by atoms with E-state index in [1.54, 1.807) is 4.90 Å². The highest BCUT2D eigenvalue weighted by Crippen LogP contribution is 2.36. The van der Waals surface area contributed by atoms with Gasteiger partial charge in [0, 0.05) is 38.4 Å². The Morgan fingerprint density at radius 3 is 2.44 bits per heavy atom. The summed E-state index contributed by atoms with van der Waals surface area (Å²) >= 11 is 0. The number of likely N-dealkylation sites (N-methyl/N-ethyl adjacent to an activating group) is 1. The Morgan fingerprint density at radius 2 is 2.00 bits per heavy atom. The number of amides is 1. The van der Waals surface area contributed by atoms with Gasteiger partial charge in [-0.05, 0) is 19.8 Å². The first-order valence-electron chi connectivity index (χ1n) is 5.87. The molecule has 0 aromatic rings. The zero-order valence-corrected chi connectivity index (χ0v) is 9.72. The number of carbonyl (C=O) groups excluding carboxylic acids is 1. The van der Waals surface area contributed by atoms with Crippen LogP contribution in [0, 0.1) is 5.92 Å². The number of alkyl halides is 2. The summed E-state index contributed by atoms with van der Waals surface area (Å²) in [5.41, 5.74) is 5.40. The zero-order valence-electron chi connectivity index (χ0n) is 9.72. The molecular weight excluding hydrogens is 214 g/mol. The molecule has 0 radical (unpaired) electrons. The molecule has 1 aliphatic rings. The van der Waals surface area contributed by atoms with Crippen molar-refractivity contribution in [2.24, 2.45) is 11.7 Å². The van der Waals surface area contributed by atoms with E-state index in [2.05, 4.69) is 0 Å². The average molecular weight is 234 g/mol. The van der Waals surface area contributed by atoms with Gasteiger partial charge in [0.2, 0.25) is 11.8 Å². The standard InChI is InChI=1S/C11H20F2N2O/c1-2-15(8-7-14)10(16)9-3-5-11(12,13)6-4-9/h9H,2-8,14H2,1H3. The highest BCUT2D eigenvalue weighted by molar-refractivity contribution is 5.78. The van der Waals surface area contributed by atoms with Crippen molar-refractivity contribution in [2.75, 3.05) is 19.6 Å². The third-order valence-electron chi connectivity index (χ3n) is 3.16. The average Bonchev–Trinajstić information content (AvgIpc) is 2.25. The quantitative estimate of drug-likeness (QED) is 0.803. The molecule has 0 unspecified atom stereocenters. The van der Waals surface area contributed by atoms with Crippen LogP contribution in [0.5, 0.6) is 0 Å². The second kappa shape index (κ2) is 5.57. The van der Waals surface area contributed by atoms with Crippen molar-refractivity contribution in [1.29, 1.82) is 0 Å². The summed E-state index contributed by atoms with van der Waals surface area (Å²) in [7, 11) is 0. The molecule has 0 bridgehead atoms. The SMILES string of the molecule is CCN(CCN)C(=O)C1CCC(F)(F)CC1. The number of rotatable bonds is 4. The van der Waals surface area contributed by atoms with Crippen LogP contribution >= 0.6 is 0 Å². The Hall–Kier alpha value is -0.710. The lowest BCUT2D eigenvalue weighted by atomic mass is 9.86. The van der Waals surface area contributed by atoms with Crippen LogP contribution in [0.15, 0.2) is 0 Å². The van der Waals surface area contributed by atoms with Gasteiger partial charge in [-0.2, -0.15) is 0 Å². The van der Waals surface area contributed by atoms with E-state index in [0.717, 1.165) is 0 Å². The number of halogens is 2. The lowest BCUT2D eigenvalue weighted by Crippen LogP contribution is -2.41. The van der Waals surface area contributed by atoms with Gasteiger partial charge in [-0.15, -0.1) is 0 Å². The van der Waals surface area contributed by atoms with Crippen LogP contribution in [-0.2, 0) is 4.79 Å². The molecule has 1 saturated carbocycles. The third kappa shape index (κ3) is 3.40. The van der Waals surface area contributed by atoms with Crippen molar-refractivity contribution in [2.45, 2.75) is 38.5 Å². The largest absolute Gasteiger partial charge is 0.341 e. The second-order valence-electron chi connectivity index (χ2n) is 4.34. The molecule has 0 spiro atoms. The molecule has 0 aromatic heterocycles. The van der Waals surface area contributed by atoms with Gasteiger partial charge in [0.15, 0.2) is 0 Å². The molecular formula is C11H20F2N2O. The number of carbonyl (C=O) groups is 1. The summed E-state index contributed by atoms with van der Waals surface area (Å²) in [4.78, 5) is 13.6. The summed E-state index contributed by atoms with van der Waals surface area (Å²) in [6.45, 7) is 3.42. The highest BCUT2D eigenvalue weighted by Gasteiger charge is 2.38. The van der Waals surface area contributed by atoms with Crippen molar-refractivity contribution in [3.63, 3.8) is 0 Å². The number of nitrogens with zero attached hydrogens (tertiary/aromatic N) is 1. The Labute approximate surface area is 95.0 Å². The van der Waals surface area contributed by atoms with Crippen LogP contribution < -0.4 is 5.73 Å². The second-order valence-corrected chi connectivity index (χ2v) is 4.34. The molecule has 0 aliphatic heterocycles. The van der Waals surface area contributed by atoms with E-state index in [1.807, 2.05) is 6.92 Å². The Bertz CT molecular complexity index is 236. The van der Waals surface area contributed by atoms with Gasteiger partial charge in [-0.25, -0.2) is 8.78 Å². The first-order valence-corrected chi connectivity index (χ1v) is 5.87. The molecule has 1 aliphatic carbocycles. The molecule has 5 heteroatoms. The molecule has 16 heavy (non-hydrogen) atoms. The fraction of sp³-hybridized carbons (Fsp3) is 0.909. The number of hydrogen-bond acceptors (Lipinski definition) is 2. The molecule has 94 valence electrons. The van der Waals surface area contributed by atoms with Gasteiger partial charge in [0.25, 0.3) is 0 Å². The van der Waals surface area contributed by atoms with E-state index < -0.39 is 5.92 Å². The van der Waals surface area contributed by atoms with Gasteiger partial charge in [0.1, 0.15) is 0 Å². The van der Waals surface area contributed by atoms with Crippen LogP contribution in [-0.4, -0.2) is 36.4 Å². The summed E-state index contributed by atoms with van der Waals surface area (Å²) in [5.74, 6) is -2.81. The fourth-order valence-corrected chi connectivity index (χ4v) is 2.13. The minimum Gasteiger partial charge on any atom is -0.341 e. The summed E-state index contributed by atoms with van der Waals surface area (Å²) < 4.78 is 25.9. The van der Waals surface area contributed by atoms with Crippen molar-refractivity contribution in [3.05, 3.63) is 0 Å². The molecule has 3 nitrogen and oxygen atoms in total. The first-order chi connectivity index (χ1) is 7.50. The molecule has 1 fully saturated rings. The number of hydrogen-bond donors (Lipinski definition) is 1. The topological polar surface area (TPSA) is 46.3 Å². The Kier molecular flexibility index (Phi) is 4.65. The lowest BCUT2D eigenvalue weighted by molar-refractivity contribution is -0.139. The predicted molar refractivity (Wildman–Crippen MR) is 58.2 cm³/mol. The van der Waals surface area contributed by atoms with Crippen LogP contribution in [0.2, 0.25) is 0 Å². The van der Waals surface area contributed by atoms with Gasteiger partial charge >= 0.3 is 0 Å². The van der Waals surface area contributed by atoms with Gasteiger partial charge in [0.05, 0.1) is 0 Å². The zero-order chi connectivity index (χ0) is 12.2. The predicted octanol–water partition coefficient (Wildman–Crippen LogP) is 1.62. The van der Waals surface area contributed by atoms with E-state index >= 15 is 0 Å². The van der Waals surface area contributed by atoms with E-state index in [-0.39, 0.29) is 24.7 Å². The molecule has 0 aromatic carbocycles. The monoisotopic (exact) mass is 234 g/mol. The lowest BCUT2D eigenvalue weighted by Gasteiger charge is -2.31. The Morgan fingerprint density at radius 1 is 1.44 bits per heavy atom. The van der Waals surface area contributed by atoms with Crippen LogP contribution in [0.3, 0.4) is 0 Å². The maximum Gasteiger partial charge on any atom is 0.248 e. The summed E-state index contributed by atoms with van der Waals surface area (Å²) in [6, 6.07) is 0. The van der Waals surface area contributed by atoms with Crippen LogP contribution in [0.4, 0.5) is 8.78 Å². The molecule has 0 saturated heterocycles. The maximum absolute atomic E-state index is 12.9.